The lowest BCUT2D eigenvalue weighted by Gasteiger charge is -2.32. The highest BCUT2D eigenvalue weighted by molar-refractivity contribution is 8.07. The Hall–Kier alpha value is -3.10. The molecule has 3 atom stereocenters. The van der Waals surface area contributed by atoms with E-state index in [2.05, 4.69) is 4.98 Å². The van der Waals surface area contributed by atoms with Gasteiger partial charge in [-0.3, -0.25) is 9.09 Å². The van der Waals surface area contributed by atoms with Crippen molar-refractivity contribution in [1.29, 1.82) is 0 Å². The maximum absolute atomic E-state index is 15.2. The second-order valence-electron chi connectivity index (χ2n) is 9.00. The molecule has 0 spiro atoms. The number of nitrogens with zero attached hydrogens (tertiary/aromatic N) is 2. The Morgan fingerprint density at radius 1 is 1.10 bits per heavy atom. The number of halogens is 5. The first-order valence-corrected chi connectivity index (χ1v) is 14.1. The van der Waals surface area contributed by atoms with Gasteiger partial charge in [0.1, 0.15) is 11.5 Å². The van der Waals surface area contributed by atoms with E-state index in [1.54, 1.807) is 38.1 Å². The fourth-order valence-corrected chi connectivity index (χ4v) is 5.67. The molecule has 0 radical (unpaired) electrons. The molecule has 2 heterocycles. The number of hydrogen-bond donors (Lipinski definition) is 2. The zero-order chi connectivity index (χ0) is 29.5. The summed E-state index contributed by atoms with van der Waals surface area (Å²) >= 11 is 5.42. The summed E-state index contributed by atoms with van der Waals surface area (Å²) < 4.78 is 94.9. The first-order valence-electron chi connectivity index (χ1n) is 11.5. The third-order valence-electron chi connectivity index (χ3n) is 5.97. The summed E-state index contributed by atoms with van der Waals surface area (Å²) in [5, 5.41) is 10.4. The Balaban J connectivity index is 1.69. The summed E-state index contributed by atoms with van der Waals surface area (Å²) in [6.45, 7) is -1.97. The number of alkyl halides is 4. The number of rotatable bonds is 9. The number of anilines is 1. The minimum Gasteiger partial charge on any atom is -0.416 e. The average molecular weight is 607 g/mol. The second kappa shape index (κ2) is 11.1. The van der Waals surface area contributed by atoms with Crippen LogP contribution in [0.1, 0.15) is 17.4 Å². The standard InChI is InChI=1S/C24H23F5N3O6PS/c1-13-3-7-15(8-4-13)37-39(40,38-16-9-5-14(2)6-10-16)35-12-23(20(26)27)19(33)24(28,29)21(36-23)32-11-17(25)18(30)31-22(32)34/h3-11,19-21,33H,12H2,1-2H3,(H2,30,31,34)/t19-,21-,23-/m1/s1. The summed E-state index contributed by atoms with van der Waals surface area (Å²) in [5.74, 6) is -6.61. The number of ether oxygens (including phenoxy) is 1. The monoisotopic (exact) mass is 607 g/mol. The van der Waals surface area contributed by atoms with Crippen LogP contribution in [0.3, 0.4) is 0 Å². The van der Waals surface area contributed by atoms with Crippen molar-refractivity contribution >= 4 is 24.3 Å². The highest BCUT2D eigenvalue weighted by Crippen LogP contribution is 2.55. The molecule has 1 fully saturated rings. The third kappa shape index (κ3) is 5.84. The van der Waals surface area contributed by atoms with Crippen LogP contribution in [0.5, 0.6) is 11.5 Å². The Kier molecular flexibility index (Phi) is 8.25. The number of aromatic nitrogens is 2. The molecule has 16 heteroatoms. The topological polar surface area (TPSA) is 118 Å². The largest absolute Gasteiger partial charge is 0.435 e. The molecule has 216 valence electrons. The second-order valence-corrected chi connectivity index (χ2v) is 11.9. The molecular weight excluding hydrogens is 584 g/mol. The summed E-state index contributed by atoms with van der Waals surface area (Å²) in [5.41, 5.74) is 1.90. The fourth-order valence-electron chi connectivity index (χ4n) is 3.73. The van der Waals surface area contributed by atoms with Gasteiger partial charge in [0.25, 0.3) is 6.43 Å². The van der Waals surface area contributed by atoms with Crippen LogP contribution in [0, 0.1) is 19.7 Å². The molecule has 4 rings (SSSR count). The quantitative estimate of drug-likeness (QED) is 0.268. The van der Waals surface area contributed by atoms with Gasteiger partial charge in [-0.25, -0.2) is 18.0 Å². The zero-order valence-electron chi connectivity index (χ0n) is 20.8. The Morgan fingerprint density at radius 3 is 2.08 bits per heavy atom. The van der Waals surface area contributed by atoms with Gasteiger partial charge in [-0.05, 0) is 38.1 Å². The molecule has 40 heavy (non-hydrogen) atoms. The maximum Gasteiger partial charge on any atom is 0.435 e. The molecule has 0 saturated carbocycles. The predicted molar refractivity (Wildman–Crippen MR) is 137 cm³/mol. The van der Waals surface area contributed by atoms with E-state index in [0.717, 1.165) is 11.1 Å². The van der Waals surface area contributed by atoms with Gasteiger partial charge in [-0.15, -0.1) is 0 Å². The van der Waals surface area contributed by atoms with E-state index in [4.69, 9.17) is 35.8 Å². The number of hydrogen-bond acceptors (Lipinski definition) is 9. The van der Waals surface area contributed by atoms with E-state index in [1.807, 2.05) is 0 Å². The minimum absolute atomic E-state index is 0.0826. The maximum atomic E-state index is 15.2. The molecule has 1 saturated heterocycles. The normalized spacial score (nSPS) is 22.4. The molecule has 3 N–H and O–H groups in total. The van der Waals surface area contributed by atoms with E-state index in [1.165, 1.54) is 24.3 Å². The molecule has 1 aliphatic rings. The fraction of sp³-hybridized carbons (Fsp3) is 0.333. The predicted octanol–water partition coefficient (Wildman–Crippen LogP) is 4.51. The minimum atomic E-state index is -4.55. The van der Waals surface area contributed by atoms with Crippen LogP contribution in [0.4, 0.5) is 27.8 Å². The highest BCUT2D eigenvalue weighted by Gasteiger charge is 2.71. The molecular formula is C24H23F5N3O6PS. The molecule has 1 aromatic heterocycles. The van der Waals surface area contributed by atoms with Gasteiger partial charge in [0.15, 0.2) is 23.3 Å². The number of nitrogens with two attached hydrogens (primary N) is 1. The van der Waals surface area contributed by atoms with Crippen molar-refractivity contribution in [3.8, 4) is 11.5 Å². The Labute approximate surface area is 229 Å². The van der Waals surface area contributed by atoms with Crippen LogP contribution >= 0.6 is 6.72 Å². The van der Waals surface area contributed by atoms with Crippen molar-refractivity contribution in [2.24, 2.45) is 0 Å². The van der Waals surface area contributed by atoms with Crippen LogP contribution in [0.15, 0.2) is 59.5 Å². The van der Waals surface area contributed by atoms with Crippen LogP contribution in [-0.4, -0.2) is 45.3 Å². The lowest BCUT2D eigenvalue weighted by molar-refractivity contribution is -0.192. The van der Waals surface area contributed by atoms with Gasteiger partial charge < -0.3 is 24.6 Å². The van der Waals surface area contributed by atoms with Gasteiger partial charge in [0.2, 0.25) is 6.23 Å². The van der Waals surface area contributed by atoms with E-state index < -0.39 is 60.9 Å². The number of aliphatic hydroxyl groups is 1. The Bertz CT molecular complexity index is 1430. The van der Waals surface area contributed by atoms with Gasteiger partial charge in [-0.2, -0.15) is 13.8 Å². The van der Waals surface area contributed by atoms with Gasteiger partial charge in [0.05, 0.1) is 12.8 Å². The SMILES string of the molecule is Cc1ccc(OP(=S)(OC[C@@]2(C(F)F)O[C@@H](n3cc(F)c(N)nc3=O)C(F)(F)[C@@H]2O)Oc2ccc(C)cc2)cc1. The van der Waals surface area contributed by atoms with Crippen molar-refractivity contribution < 1.29 is 45.4 Å². The summed E-state index contributed by atoms with van der Waals surface area (Å²) in [6.07, 6.45) is -9.75. The molecule has 2 aromatic carbocycles. The van der Waals surface area contributed by atoms with Crippen LogP contribution in [0.2, 0.25) is 0 Å². The lowest BCUT2D eigenvalue weighted by Crippen LogP contribution is -2.54. The van der Waals surface area contributed by atoms with E-state index in [9.17, 15) is 23.1 Å². The van der Waals surface area contributed by atoms with E-state index in [-0.39, 0.29) is 22.3 Å². The van der Waals surface area contributed by atoms with Crippen molar-refractivity contribution in [1.82, 2.24) is 9.55 Å². The summed E-state index contributed by atoms with van der Waals surface area (Å²) in [6, 6.07) is 12.6. The van der Waals surface area contributed by atoms with Gasteiger partial charge in [-0.1, -0.05) is 35.4 Å². The third-order valence-corrected chi connectivity index (χ3v) is 8.05. The smallest absolute Gasteiger partial charge is 0.416 e. The summed E-state index contributed by atoms with van der Waals surface area (Å²) in [4.78, 5) is 15.2. The average Bonchev–Trinajstić information content (AvgIpc) is 3.09. The van der Waals surface area contributed by atoms with E-state index >= 15 is 8.78 Å². The number of nitrogen functional groups attached to an aromatic ring is 1. The number of benzene rings is 2. The first-order chi connectivity index (χ1) is 18.7. The van der Waals surface area contributed by atoms with Gasteiger partial charge >= 0.3 is 18.3 Å². The molecule has 0 bridgehead atoms. The molecule has 1 aliphatic heterocycles. The Morgan fingerprint density at radius 2 is 1.60 bits per heavy atom. The first kappa shape index (κ1) is 29.9. The summed E-state index contributed by atoms with van der Waals surface area (Å²) in [7, 11) is 0. The molecule has 3 aromatic rings. The molecule has 0 amide bonds. The van der Waals surface area contributed by atoms with Crippen molar-refractivity contribution in [2.45, 2.75) is 44.1 Å². The molecule has 0 unspecified atom stereocenters. The van der Waals surface area contributed by atoms with Crippen molar-refractivity contribution in [2.75, 3.05) is 12.3 Å². The van der Waals surface area contributed by atoms with Crippen molar-refractivity contribution in [3.05, 3.63) is 82.2 Å². The molecule has 9 nitrogen and oxygen atoms in total. The van der Waals surface area contributed by atoms with Crippen LogP contribution < -0.4 is 20.5 Å². The lowest BCUT2D eigenvalue weighted by atomic mass is 9.96. The van der Waals surface area contributed by atoms with E-state index in [0.29, 0.717) is 0 Å². The van der Waals surface area contributed by atoms with Gasteiger partial charge in [0, 0.05) is 11.8 Å². The highest BCUT2D eigenvalue weighted by atomic mass is 32.5. The number of aryl methyl sites for hydroxylation is 2. The van der Waals surface area contributed by atoms with Crippen molar-refractivity contribution in [3.63, 3.8) is 0 Å². The van der Waals surface area contributed by atoms with Crippen LogP contribution in [0.25, 0.3) is 0 Å². The zero-order valence-corrected chi connectivity index (χ0v) is 22.6. The number of aliphatic hydroxyl groups excluding tert-OH is 1. The molecule has 0 aliphatic carbocycles. The van der Waals surface area contributed by atoms with Crippen LogP contribution in [-0.2, 0) is 21.1 Å².